The summed E-state index contributed by atoms with van der Waals surface area (Å²) in [5.74, 6) is -1.78. The summed E-state index contributed by atoms with van der Waals surface area (Å²) >= 11 is 5.85. The van der Waals surface area contributed by atoms with E-state index in [1.54, 1.807) is 6.07 Å². The van der Waals surface area contributed by atoms with E-state index in [-0.39, 0.29) is 17.6 Å². The van der Waals surface area contributed by atoms with Crippen LogP contribution in [0.2, 0.25) is 5.15 Å². The summed E-state index contributed by atoms with van der Waals surface area (Å²) in [6.45, 7) is 3.94. The number of nitrogens with one attached hydrogen (secondary N) is 1. The van der Waals surface area contributed by atoms with Gasteiger partial charge in [0, 0.05) is 17.8 Å². The summed E-state index contributed by atoms with van der Waals surface area (Å²) in [6.07, 6.45) is 1.97. The lowest BCUT2D eigenvalue weighted by molar-refractivity contribution is -0.141. The van der Waals surface area contributed by atoms with E-state index in [4.69, 9.17) is 16.7 Å². The van der Waals surface area contributed by atoms with Crippen LogP contribution in [-0.2, 0) is 11.2 Å². The molecule has 2 N–H and O–H groups in total. The average molecular weight is 299 g/mol. The minimum Gasteiger partial charge on any atom is -0.481 e. The molecule has 0 aromatic carbocycles. The predicted molar refractivity (Wildman–Crippen MR) is 77.0 cm³/mol. The first-order valence-corrected chi connectivity index (χ1v) is 7.03. The molecule has 5 nitrogen and oxygen atoms in total. The van der Waals surface area contributed by atoms with Crippen LogP contribution in [0.4, 0.5) is 0 Å². The number of carbonyl (C=O) groups is 2. The molecule has 1 rings (SSSR count). The number of aromatic nitrogens is 1. The third kappa shape index (κ3) is 4.81. The molecule has 0 aliphatic rings. The zero-order chi connectivity index (χ0) is 15.1. The Hall–Kier alpha value is -1.62. The molecule has 0 bridgehead atoms. The van der Waals surface area contributed by atoms with Crippen molar-refractivity contribution in [2.24, 2.45) is 5.92 Å². The molecule has 1 aromatic heterocycles. The fourth-order valence-electron chi connectivity index (χ4n) is 1.84. The van der Waals surface area contributed by atoms with Crippen molar-refractivity contribution in [1.29, 1.82) is 0 Å². The van der Waals surface area contributed by atoms with E-state index in [1.165, 1.54) is 6.07 Å². The molecule has 1 aromatic rings. The van der Waals surface area contributed by atoms with Crippen LogP contribution in [0.25, 0.3) is 0 Å². The molecule has 0 spiro atoms. The Bertz CT molecular complexity index is 491. The van der Waals surface area contributed by atoms with Gasteiger partial charge in [-0.3, -0.25) is 9.59 Å². The molecule has 1 amide bonds. The molecule has 0 saturated carbocycles. The van der Waals surface area contributed by atoms with Gasteiger partial charge in [0.15, 0.2) is 0 Å². The van der Waals surface area contributed by atoms with Gasteiger partial charge in [0.2, 0.25) is 0 Å². The number of carboxylic acid groups (broad SMARTS) is 1. The second kappa shape index (κ2) is 7.85. The summed E-state index contributed by atoms with van der Waals surface area (Å²) in [5.41, 5.74) is 1.13. The number of aliphatic carboxylic acids is 1. The van der Waals surface area contributed by atoms with Gasteiger partial charge in [0.1, 0.15) is 5.15 Å². The smallest absolute Gasteiger partial charge is 0.308 e. The van der Waals surface area contributed by atoms with E-state index < -0.39 is 11.9 Å². The maximum atomic E-state index is 12.0. The van der Waals surface area contributed by atoms with Crippen LogP contribution in [-0.4, -0.2) is 28.5 Å². The number of hydrogen-bond donors (Lipinski definition) is 2. The lowest BCUT2D eigenvalue weighted by Crippen LogP contribution is -2.33. The lowest BCUT2D eigenvalue weighted by Gasteiger charge is -2.12. The fraction of sp³-hybridized carbons (Fsp3) is 0.500. The minimum absolute atomic E-state index is 0.114. The maximum Gasteiger partial charge on any atom is 0.308 e. The van der Waals surface area contributed by atoms with Gasteiger partial charge in [-0.25, -0.2) is 4.98 Å². The summed E-state index contributed by atoms with van der Waals surface area (Å²) in [4.78, 5) is 27.1. The molecule has 0 saturated heterocycles. The van der Waals surface area contributed by atoms with Crippen LogP contribution < -0.4 is 5.32 Å². The fourth-order valence-corrected chi connectivity index (χ4v) is 2.07. The molecule has 0 fully saturated rings. The Morgan fingerprint density at radius 3 is 2.65 bits per heavy atom. The van der Waals surface area contributed by atoms with Crippen LogP contribution in [0.15, 0.2) is 12.1 Å². The quantitative estimate of drug-likeness (QED) is 0.758. The number of rotatable bonds is 7. The first-order valence-electron chi connectivity index (χ1n) is 6.65. The highest BCUT2D eigenvalue weighted by Crippen LogP contribution is 2.12. The number of amides is 1. The second-order valence-electron chi connectivity index (χ2n) is 4.56. The molecule has 1 heterocycles. The third-order valence-corrected chi connectivity index (χ3v) is 3.16. The van der Waals surface area contributed by atoms with Crippen molar-refractivity contribution in [2.75, 3.05) is 6.54 Å². The largest absolute Gasteiger partial charge is 0.481 e. The van der Waals surface area contributed by atoms with Crippen molar-refractivity contribution in [3.05, 3.63) is 28.5 Å². The molecule has 110 valence electrons. The normalized spacial score (nSPS) is 11.9. The summed E-state index contributed by atoms with van der Waals surface area (Å²) in [7, 11) is 0. The Kier molecular flexibility index (Phi) is 6.45. The van der Waals surface area contributed by atoms with Gasteiger partial charge < -0.3 is 10.4 Å². The van der Waals surface area contributed by atoms with Crippen molar-refractivity contribution in [3.8, 4) is 0 Å². The number of pyridine rings is 1. The summed E-state index contributed by atoms with van der Waals surface area (Å²) < 4.78 is 0. The highest BCUT2D eigenvalue weighted by molar-refractivity contribution is 6.29. The predicted octanol–water partition coefficient (Wildman–Crippen LogP) is 2.53. The third-order valence-electron chi connectivity index (χ3n) is 2.97. The van der Waals surface area contributed by atoms with Gasteiger partial charge in [0.25, 0.3) is 5.91 Å². The Morgan fingerprint density at radius 2 is 2.10 bits per heavy atom. The number of nitrogens with zero attached hydrogens (tertiary/aromatic N) is 1. The van der Waals surface area contributed by atoms with E-state index in [1.807, 2.05) is 13.8 Å². The number of carbonyl (C=O) groups excluding carboxylic acids is 1. The lowest BCUT2D eigenvalue weighted by atomic mass is 10.0. The van der Waals surface area contributed by atoms with Crippen molar-refractivity contribution >= 4 is 23.5 Å². The number of carboxylic acids is 1. The van der Waals surface area contributed by atoms with Crippen LogP contribution in [0.1, 0.15) is 42.7 Å². The molecule has 1 atom stereocenters. The van der Waals surface area contributed by atoms with Crippen molar-refractivity contribution < 1.29 is 14.7 Å². The van der Waals surface area contributed by atoms with Gasteiger partial charge in [0.05, 0.1) is 5.92 Å². The van der Waals surface area contributed by atoms with Crippen molar-refractivity contribution in [1.82, 2.24) is 10.3 Å². The first-order chi connectivity index (χ1) is 9.47. The maximum absolute atomic E-state index is 12.0. The summed E-state index contributed by atoms with van der Waals surface area (Å²) in [6, 6.07) is 3.14. The van der Waals surface area contributed by atoms with E-state index in [0.717, 1.165) is 12.1 Å². The van der Waals surface area contributed by atoms with Crippen LogP contribution in [0.5, 0.6) is 0 Å². The van der Waals surface area contributed by atoms with E-state index in [9.17, 15) is 9.59 Å². The number of hydrogen-bond acceptors (Lipinski definition) is 3. The molecule has 20 heavy (non-hydrogen) atoms. The second-order valence-corrected chi connectivity index (χ2v) is 4.94. The summed E-state index contributed by atoms with van der Waals surface area (Å²) in [5, 5.41) is 11.9. The molecule has 0 aliphatic heterocycles. The Labute approximate surface area is 123 Å². The zero-order valence-electron chi connectivity index (χ0n) is 11.6. The Balaban J connectivity index is 2.71. The van der Waals surface area contributed by atoms with E-state index in [2.05, 4.69) is 10.3 Å². The van der Waals surface area contributed by atoms with E-state index >= 15 is 0 Å². The highest BCUT2D eigenvalue weighted by atomic mass is 35.5. The molecule has 0 radical (unpaired) electrons. The van der Waals surface area contributed by atoms with Crippen molar-refractivity contribution in [2.45, 2.75) is 33.1 Å². The Morgan fingerprint density at radius 1 is 1.40 bits per heavy atom. The van der Waals surface area contributed by atoms with Gasteiger partial charge in [-0.05, 0) is 25.0 Å². The van der Waals surface area contributed by atoms with Gasteiger partial charge in [-0.15, -0.1) is 0 Å². The van der Waals surface area contributed by atoms with Crippen LogP contribution in [0.3, 0.4) is 0 Å². The SMILES string of the molecule is CCCC(CNC(=O)c1cc(Cl)nc(CC)c1)C(=O)O. The number of aryl methyl sites for hydroxylation is 1. The van der Waals surface area contributed by atoms with Gasteiger partial charge in [-0.2, -0.15) is 0 Å². The highest BCUT2D eigenvalue weighted by Gasteiger charge is 2.18. The van der Waals surface area contributed by atoms with Crippen LogP contribution >= 0.6 is 11.6 Å². The molecular weight excluding hydrogens is 280 g/mol. The monoisotopic (exact) mass is 298 g/mol. The number of halogens is 1. The minimum atomic E-state index is -0.894. The average Bonchev–Trinajstić information content (AvgIpc) is 2.41. The van der Waals surface area contributed by atoms with Gasteiger partial charge >= 0.3 is 5.97 Å². The van der Waals surface area contributed by atoms with Gasteiger partial charge in [-0.1, -0.05) is 31.9 Å². The van der Waals surface area contributed by atoms with Crippen LogP contribution in [0, 0.1) is 5.92 Å². The molecular formula is C14H19ClN2O3. The topological polar surface area (TPSA) is 79.3 Å². The van der Waals surface area contributed by atoms with E-state index in [0.29, 0.717) is 18.4 Å². The standard InChI is InChI=1S/C14H19ClN2O3/c1-3-5-9(14(19)20)8-16-13(18)10-6-11(4-2)17-12(15)7-10/h6-7,9H,3-5,8H2,1-2H3,(H,16,18)(H,19,20). The molecule has 0 aliphatic carbocycles. The van der Waals surface area contributed by atoms with Crippen molar-refractivity contribution in [3.63, 3.8) is 0 Å². The molecule has 1 unspecified atom stereocenters. The zero-order valence-corrected chi connectivity index (χ0v) is 12.4. The molecule has 6 heteroatoms. The first kappa shape index (κ1) is 16.4.